The van der Waals surface area contributed by atoms with Gasteiger partial charge in [0.05, 0.1) is 4.90 Å². The summed E-state index contributed by atoms with van der Waals surface area (Å²) in [6, 6.07) is 1.01. The van der Waals surface area contributed by atoms with Gasteiger partial charge >= 0.3 is 0 Å². The minimum Gasteiger partial charge on any atom is -0.347 e. The highest BCUT2D eigenvalue weighted by atomic mass is 32.2. The summed E-state index contributed by atoms with van der Waals surface area (Å²) in [6.07, 6.45) is 0. The number of sulfonamides is 1. The fourth-order valence-corrected chi connectivity index (χ4v) is 5.58. The zero-order valence-electron chi connectivity index (χ0n) is 12.7. The van der Waals surface area contributed by atoms with Crippen LogP contribution in [0.5, 0.6) is 0 Å². The minimum absolute atomic E-state index is 0.199. The Labute approximate surface area is 129 Å². The molecule has 1 N–H and O–H groups in total. The molecule has 1 amide bonds. The second-order valence-electron chi connectivity index (χ2n) is 5.35. The van der Waals surface area contributed by atoms with Gasteiger partial charge in [-0.15, -0.1) is 11.3 Å². The van der Waals surface area contributed by atoms with Crippen molar-refractivity contribution in [3.63, 3.8) is 0 Å². The van der Waals surface area contributed by atoms with Gasteiger partial charge < -0.3 is 10.2 Å². The third kappa shape index (κ3) is 3.13. The molecule has 0 spiro atoms. The Kier molecular flexibility index (Phi) is 4.72. The molecule has 1 atom stereocenters. The first kappa shape index (κ1) is 16.4. The van der Waals surface area contributed by atoms with Crippen LogP contribution in [0.4, 0.5) is 0 Å². The average molecular weight is 331 g/mol. The molecule has 1 saturated heterocycles. The molecule has 118 valence electrons. The van der Waals surface area contributed by atoms with Crippen molar-refractivity contribution in [3.8, 4) is 0 Å². The molecule has 0 radical (unpaired) electrons. The van der Waals surface area contributed by atoms with E-state index in [0.29, 0.717) is 24.5 Å². The van der Waals surface area contributed by atoms with E-state index in [9.17, 15) is 13.2 Å². The quantitative estimate of drug-likeness (QED) is 0.871. The van der Waals surface area contributed by atoms with Crippen molar-refractivity contribution in [3.05, 3.63) is 15.8 Å². The van der Waals surface area contributed by atoms with Gasteiger partial charge in [0.1, 0.15) is 6.04 Å². The Balaban J connectivity index is 2.41. The van der Waals surface area contributed by atoms with Crippen LogP contribution in [0.15, 0.2) is 11.0 Å². The zero-order chi connectivity index (χ0) is 15.8. The molecule has 1 aliphatic heterocycles. The smallest absolute Gasteiger partial charge is 0.244 e. The van der Waals surface area contributed by atoms with Crippen LogP contribution in [0, 0.1) is 13.8 Å². The van der Waals surface area contributed by atoms with Crippen molar-refractivity contribution in [2.75, 3.05) is 33.7 Å². The lowest BCUT2D eigenvalue weighted by Gasteiger charge is -2.35. The van der Waals surface area contributed by atoms with Crippen LogP contribution in [0.1, 0.15) is 9.75 Å². The summed E-state index contributed by atoms with van der Waals surface area (Å²) in [5, 5.41) is 3.09. The molecule has 8 heteroatoms. The van der Waals surface area contributed by atoms with E-state index in [4.69, 9.17) is 0 Å². The summed E-state index contributed by atoms with van der Waals surface area (Å²) < 4.78 is 27.1. The number of thiophene rings is 1. The van der Waals surface area contributed by atoms with Crippen LogP contribution in [-0.2, 0) is 14.8 Å². The standard InChI is InChI=1S/C13H21N3O3S2/c1-9-7-12(10(2)20-9)21(18,19)16-6-5-14-8-11(16)13(17)15(3)4/h7,11,14H,5-6,8H2,1-4H3. The number of amides is 1. The van der Waals surface area contributed by atoms with Crippen molar-refractivity contribution in [2.45, 2.75) is 24.8 Å². The van der Waals surface area contributed by atoms with Crippen LogP contribution in [0.25, 0.3) is 0 Å². The van der Waals surface area contributed by atoms with Crippen LogP contribution >= 0.6 is 11.3 Å². The number of nitrogens with one attached hydrogen (secondary N) is 1. The molecular formula is C13H21N3O3S2. The fraction of sp³-hybridized carbons (Fsp3) is 0.615. The normalized spacial score (nSPS) is 20.5. The number of rotatable bonds is 3. The van der Waals surface area contributed by atoms with Crippen molar-refractivity contribution in [2.24, 2.45) is 0 Å². The predicted octanol–water partition coefficient (Wildman–Crippen LogP) is 0.416. The highest BCUT2D eigenvalue weighted by Crippen LogP contribution is 2.29. The number of aryl methyl sites for hydroxylation is 2. The molecule has 2 heterocycles. The third-order valence-electron chi connectivity index (χ3n) is 3.50. The van der Waals surface area contributed by atoms with Gasteiger partial charge in [-0.1, -0.05) is 0 Å². The van der Waals surface area contributed by atoms with E-state index in [2.05, 4.69) is 5.32 Å². The molecule has 0 saturated carbocycles. The number of likely N-dealkylation sites (N-methyl/N-ethyl adjacent to an activating group) is 1. The van der Waals surface area contributed by atoms with Crippen LogP contribution < -0.4 is 5.32 Å². The molecule has 6 nitrogen and oxygen atoms in total. The number of nitrogens with zero attached hydrogens (tertiary/aromatic N) is 2. The molecule has 0 aliphatic carbocycles. The van der Waals surface area contributed by atoms with Crippen molar-refractivity contribution in [1.82, 2.24) is 14.5 Å². The molecule has 1 aliphatic rings. The first-order valence-electron chi connectivity index (χ1n) is 6.76. The van der Waals surface area contributed by atoms with Crippen molar-refractivity contribution < 1.29 is 13.2 Å². The summed E-state index contributed by atoms with van der Waals surface area (Å²) in [4.78, 5) is 15.7. The molecule has 0 bridgehead atoms. The van der Waals surface area contributed by atoms with Gasteiger partial charge in [-0.25, -0.2) is 8.42 Å². The van der Waals surface area contributed by atoms with E-state index in [1.165, 1.54) is 20.5 Å². The second kappa shape index (κ2) is 6.04. The number of carbonyl (C=O) groups is 1. The molecule has 2 rings (SSSR count). The number of hydrogen-bond acceptors (Lipinski definition) is 5. The molecule has 1 unspecified atom stereocenters. The van der Waals surface area contributed by atoms with E-state index in [1.54, 1.807) is 27.1 Å². The lowest BCUT2D eigenvalue weighted by atomic mass is 10.2. The van der Waals surface area contributed by atoms with E-state index in [0.717, 1.165) is 9.75 Å². The highest BCUT2D eigenvalue weighted by Gasteiger charge is 2.39. The van der Waals surface area contributed by atoms with Gasteiger partial charge in [-0.2, -0.15) is 4.31 Å². The van der Waals surface area contributed by atoms with Crippen LogP contribution in [-0.4, -0.2) is 63.3 Å². The Morgan fingerprint density at radius 1 is 1.43 bits per heavy atom. The van der Waals surface area contributed by atoms with Crippen molar-refractivity contribution >= 4 is 27.3 Å². The summed E-state index contributed by atoms with van der Waals surface area (Å²) in [6.45, 7) is 4.89. The van der Waals surface area contributed by atoms with E-state index >= 15 is 0 Å². The van der Waals surface area contributed by atoms with E-state index in [1.807, 2.05) is 6.92 Å². The van der Waals surface area contributed by atoms with Crippen LogP contribution in [0.2, 0.25) is 0 Å². The predicted molar refractivity (Wildman–Crippen MR) is 83.0 cm³/mol. The lowest BCUT2D eigenvalue weighted by Crippen LogP contribution is -2.59. The maximum Gasteiger partial charge on any atom is 0.244 e. The highest BCUT2D eigenvalue weighted by molar-refractivity contribution is 7.89. The van der Waals surface area contributed by atoms with Gasteiger partial charge in [0.2, 0.25) is 15.9 Å². The Morgan fingerprint density at radius 2 is 2.10 bits per heavy atom. The molecule has 1 aromatic heterocycles. The van der Waals surface area contributed by atoms with Crippen LogP contribution in [0.3, 0.4) is 0 Å². The first-order valence-corrected chi connectivity index (χ1v) is 9.01. The maximum atomic E-state index is 12.9. The lowest BCUT2D eigenvalue weighted by molar-refractivity contribution is -0.133. The van der Waals surface area contributed by atoms with E-state index in [-0.39, 0.29) is 5.91 Å². The summed E-state index contributed by atoms with van der Waals surface area (Å²) in [5.74, 6) is -0.199. The largest absolute Gasteiger partial charge is 0.347 e. The monoisotopic (exact) mass is 331 g/mol. The number of piperazine rings is 1. The minimum atomic E-state index is -3.64. The first-order chi connectivity index (χ1) is 9.75. The molecule has 1 fully saturated rings. The Morgan fingerprint density at radius 3 is 2.62 bits per heavy atom. The van der Waals surface area contributed by atoms with Gasteiger partial charge in [-0.05, 0) is 19.9 Å². The number of carbonyl (C=O) groups excluding carboxylic acids is 1. The molecule has 1 aromatic rings. The second-order valence-corrected chi connectivity index (χ2v) is 8.67. The van der Waals surface area contributed by atoms with Gasteiger partial charge in [-0.3, -0.25) is 4.79 Å². The third-order valence-corrected chi connectivity index (χ3v) is 6.63. The molecule has 21 heavy (non-hydrogen) atoms. The number of hydrogen-bond donors (Lipinski definition) is 1. The maximum absolute atomic E-state index is 12.9. The van der Waals surface area contributed by atoms with Gasteiger partial charge in [0, 0.05) is 43.5 Å². The topological polar surface area (TPSA) is 69.7 Å². The van der Waals surface area contributed by atoms with Crippen molar-refractivity contribution in [1.29, 1.82) is 0 Å². The summed E-state index contributed by atoms with van der Waals surface area (Å²) >= 11 is 1.46. The molecular weight excluding hydrogens is 310 g/mol. The molecule has 0 aromatic carbocycles. The van der Waals surface area contributed by atoms with E-state index < -0.39 is 16.1 Å². The summed E-state index contributed by atoms with van der Waals surface area (Å²) in [5.41, 5.74) is 0. The SMILES string of the molecule is Cc1cc(S(=O)(=O)N2CCNCC2C(=O)N(C)C)c(C)s1. The van der Waals surface area contributed by atoms with Gasteiger partial charge in [0.15, 0.2) is 0 Å². The zero-order valence-corrected chi connectivity index (χ0v) is 14.3. The average Bonchev–Trinajstić information content (AvgIpc) is 2.77. The summed E-state index contributed by atoms with van der Waals surface area (Å²) in [7, 11) is -0.362. The Hall–Kier alpha value is -0.960. The Bertz CT molecular complexity index is 637. The fourth-order valence-electron chi connectivity index (χ4n) is 2.47. The van der Waals surface area contributed by atoms with Gasteiger partial charge in [0.25, 0.3) is 0 Å².